The second kappa shape index (κ2) is 8.19. The summed E-state index contributed by atoms with van der Waals surface area (Å²) in [4.78, 5) is 17.3. The number of aromatic nitrogens is 1. The van der Waals surface area contributed by atoms with Gasteiger partial charge in [0, 0.05) is 15.9 Å². The monoisotopic (exact) mass is 444 g/mol. The zero-order valence-corrected chi connectivity index (χ0v) is 18.1. The number of halogens is 1. The summed E-state index contributed by atoms with van der Waals surface area (Å²) in [6, 6.07) is 9.39. The highest BCUT2D eigenvalue weighted by atomic mass is 79.9. The molecular weight excluding hydrogens is 424 g/mol. The van der Waals surface area contributed by atoms with Gasteiger partial charge in [-0.05, 0) is 72.4 Å². The van der Waals surface area contributed by atoms with Crippen LogP contribution in [0.4, 0.5) is 10.8 Å². The Kier molecular flexibility index (Phi) is 5.92. The second-order valence-electron chi connectivity index (χ2n) is 6.31. The summed E-state index contributed by atoms with van der Waals surface area (Å²) in [5, 5.41) is 8.12. The van der Waals surface area contributed by atoms with Gasteiger partial charge in [-0.2, -0.15) is 5.10 Å². The molecule has 7 heteroatoms. The van der Waals surface area contributed by atoms with E-state index in [2.05, 4.69) is 43.7 Å². The number of thiazole rings is 1. The number of rotatable bonds is 5. The van der Waals surface area contributed by atoms with Crippen molar-refractivity contribution in [3.05, 3.63) is 51.5 Å². The van der Waals surface area contributed by atoms with Crippen molar-refractivity contribution in [1.82, 2.24) is 4.98 Å². The summed E-state index contributed by atoms with van der Waals surface area (Å²) in [6.07, 6.45) is 0.890. The lowest BCUT2D eigenvalue weighted by molar-refractivity contribution is 0.102. The lowest BCUT2D eigenvalue weighted by Crippen LogP contribution is -2.14. The maximum Gasteiger partial charge on any atom is 0.256 e. The third-order valence-electron chi connectivity index (χ3n) is 4.33. The molecule has 1 aromatic heterocycles. The van der Waals surface area contributed by atoms with Crippen LogP contribution in [0, 0.1) is 13.8 Å². The van der Waals surface area contributed by atoms with Gasteiger partial charge in [-0.3, -0.25) is 10.2 Å². The van der Waals surface area contributed by atoms with Crippen molar-refractivity contribution in [1.29, 1.82) is 0 Å². The Hall–Kier alpha value is -2.25. The first-order valence-corrected chi connectivity index (χ1v) is 10.3. The van der Waals surface area contributed by atoms with Crippen molar-refractivity contribution in [3.8, 4) is 0 Å². The Morgan fingerprint density at radius 1 is 1.30 bits per heavy atom. The fourth-order valence-electron chi connectivity index (χ4n) is 2.67. The van der Waals surface area contributed by atoms with Crippen LogP contribution in [0.3, 0.4) is 0 Å². The van der Waals surface area contributed by atoms with Gasteiger partial charge in [-0.25, -0.2) is 4.98 Å². The zero-order chi connectivity index (χ0) is 19.6. The molecule has 0 unspecified atom stereocenters. The number of nitrogens with zero attached hydrogens (tertiary/aromatic N) is 2. The minimum atomic E-state index is -0.140. The molecule has 1 amide bonds. The molecule has 0 bridgehead atoms. The molecule has 0 aliphatic carbocycles. The standard InChI is InChI=1S/C20H21BrN4OS/c1-5-12(3)24-25-20-22-16-10-11(2)17(13(4)18(16)27-20)23-19(26)14-8-6-7-9-15(14)21/h6-10H,5H2,1-4H3,(H,22,25)(H,23,26)/b24-12+. The summed E-state index contributed by atoms with van der Waals surface area (Å²) in [5.74, 6) is -0.140. The third-order valence-corrected chi connectivity index (χ3v) is 6.11. The molecule has 0 fully saturated rings. The number of hydrogen-bond donors (Lipinski definition) is 2. The van der Waals surface area contributed by atoms with Crippen molar-refractivity contribution in [2.24, 2.45) is 5.10 Å². The molecule has 0 aliphatic heterocycles. The van der Waals surface area contributed by atoms with Crippen LogP contribution in [0.1, 0.15) is 41.8 Å². The van der Waals surface area contributed by atoms with Gasteiger partial charge in [-0.15, -0.1) is 0 Å². The number of carbonyl (C=O) groups excluding carboxylic acids is 1. The predicted octanol–water partition coefficient (Wildman–Crippen LogP) is 6.13. The predicted molar refractivity (Wildman–Crippen MR) is 118 cm³/mol. The van der Waals surface area contributed by atoms with Gasteiger partial charge in [0.25, 0.3) is 5.91 Å². The average Bonchev–Trinajstić information content (AvgIpc) is 3.06. The van der Waals surface area contributed by atoms with Crippen molar-refractivity contribution >= 4 is 59.9 Å². The van der Waals surface area contributed by atoms with Crippen LogP contribution in [0.25, 0.3) is 10.2 Å². The van der Waals surface area contributed by atoms with Crippen LogP contribution < -0.4 is 10.7 Å². The normalized spacial score (nSPS) is 11.7. The van der Waals surface area contributed by atoms with Gasteiger partial charge in [0.05, 0.1) is 15.8 Å². The van der Waals surface area contributed by atoms with Gasteiger partial charge < -0.3 is 5.32 Å². The lowest BCUT2D eigenvalue weighted by Gasteiger charge is -2.13. The fourth-order valence-corrected chi connectivity index (χ4v) is 4.03. The van der Waals surface area contributed by atoms with E-state index in [1.807, 2.05) is 45.0 Å². The zero-order valence-electron chi connectivity index (χ0n) is 15.7. The van der Waals surface area contributed by atoms with Gasteiger partial charge in [-0.1, -0.05) is 30.4 Å². The highest BCUT2D eigenvalue weighted by molar-refractivity contribution is 9.10. The topological polar surface area (TPSA) is 66.4 Å². The number of fused-ring (bicyclic) bond motifs is 1. The number of benzene rings is 2. The van der Waals surface area contributed by atoms with Crippen molar-refractivity contribution < 1.29 is 4.79 Å². The van der Waals surface area contributed by atoms with E-state index in [0.717, 1.165) is 48.8 Å². The molecule has 5 nitrogen and oxygen atoms in total. The molecule has 27 heavy (non-hydrogen) atoms. The molecule has 0 saturated heterocycles. The van der Waals surface area contributed by atoms with E-state index >= 15 is 0 Å². The fraction of sp³-hybridized carbons (Fsp3) is 0.250. The summed E-state index contributed by atoms with van der Waals surface area (Å²) in [7, 11) is 0. The van der Waals surface area contributed by atoms with E-state index < -0.39 is 0 Å². The Morgan fingerprint density at radius 2 is 2.04 bits per heavy atom. The van der Waals surface area contributed by atoms with E-state index in [4.69, 9.17) is 0 Å². The minimum absolute atomic E-state index is 0.140. The smallest absolute Gasteiger partial charge is 0.256 e. The van der Waals surface area contributed by atoms with Gasteiger partial charge in [0.15, 0.2) is 0 Å². The Morgan fingerprint density at radius 3 is 2.74 bits per heavy atom. The Labute approximate surface area is 171 Å². The molecule has 1 heterocycles. The number of nitrogens with one attached hydrogen (secondary N) is 2. The molecule has 3 aromatic rings. The van der Waals surface area contributed by atoms with Crippen LogP contribution in [-0.2, 0) is 0 Å². The molecule has 3 rings (SSSR count). The summed E-state index contributed by atoms with van der Waals surface area (Å²) >= 11 is 4.97. The number of anilines is 2. The molecular formula is C20H21BrN4OS. The highest BCUT2D eigenvalue weighted by Crippen LogP contribution is 2.35. The maximum absolute atomic E-state index is 12.7. The molecule has 0 atom stereocenters. The molecule has 2 N–H and O–H groups in total. The lowest BCUT2D eigenvalue weighted by atomic mass is 10.1. The number of amides is 1. The van der Waals surface area contributed by atoms with Crippen molar-refractivity contribution in [2.45, 2.75) is 34.1 Å². The van der Waals surface area contributed by atoms with Gasteiger partial charge >= 0.3 is 0 Å². The van der Waals surface area contributed by atoms with Crippen LogP contribution in [-0.4, -0.2) is 16.6 Å². The van der Waals surface area contributed by atoms with E-state index in [-0.39, 0.29) is 5.91 Å². The summed E-state index contributed by atoms with van der Waals surface area (Å²) in [5.41, 5.74) is 8.36. The second-order valence-corrected chi connectivity index (χ2v) is 8.16. The van der Waals surface area contributed by atoms with E-state index in [1.165, 1.54) is 11.3 Å². The molecule has 0 radical (unpaired) electrons. The Bertz CT molecular complexity index is 1040. The number of hydrazone groups is 1. The van der Waals surface area contributed by atoms with Crippen LogP contribution in [0.2, 0.25) is 0 Å². The molecule has 0 saturated carbocycles. The SMILES string of the molecule is CC/C(C)=N/Nc1nc2cc(C)c(NC(=O)c3ccccc3Br)c(C)c2s1. The Balaban J connectivity index is 1.94. The number of aryl methyl sites for hydroxylation is 2. The van der Waals surface area contributed by atoms with Crippen LogP contribution in [0.5, 0.6) is 0 Å². The molecule has 0 spiro atoms. The van der Waals surface area contributed by atoms with Gasteiger partial charge in [0.1, 0.15) is 0 Å². The number of carbonyl (C=O) groups is 1. The minimum Gasteiger partial charge on any atom is -0.321 e. The first-order valence-electron chi connectivity index (χ1n) is 8.66. The first kappa shape index (κ1) is 19.5. The van der Waals surface area contributed by atoms with E-state index in [9.17, 15) is 4.79 Å². The van der Waals surface area contributed by atoms with Gasteiger partial charge in [0.2, 0.25) is 5.13 Å². The van der Waals surface area contributed by atoms with Crippen molar-refractivity contribution in [3.63, 3.8) is 0 Å². The number of hydrogen-bond acceptors (Lipinski definition) is 5. The first-order chi connectivity index (χ1) is 12.9. The largest absolute Gasteiger partial charge is 0.321 e. The molecule has 2 aromatic carbocycles. The summed E-state index contributed by atoms with van der Waals surface area (Å²) < 4.78 is 1.81. The quantitative estimate of drug-likeness (QED) is 0.367. The van der Waals surface area contributed by atoms with E-state index in [1.54, 1.807) is 6.07 Å². The molecule has 0 aliphatic rings. The average molecular weight is 445 g/mol. The molecule has 140 valence electrons. The van der Waals surface area contributed by atoms with Crippen LogP contribution >= 0.6 is 27.3 Å². The third kappa shape index (κ3) is 4.20. The summed E-state index contributed by atoms with van der Waals surface area (Å²) in [6.45, 7) is 8.03. The van der Waals surface area contributed by atoms with Crippen molar-refractivity contribution in [2.75, 3.05) is 10.7 Å². The van der Waals surface area contributed by atoms with E-state index in [0.29, 0.717) is 5.56 Å². The highest BCUT2D eigenvalue weighted by Gasteiger charge is 2.16. The maximum atomic E-state index is 12.7. The van der Waals surface area contributed by atoms with Crippen LogP contribution in [0.15, 0.2) is 39.9 Å².